The van der Waals surface area contributed by atoms with Crippen molar-refractivity contribution in [1.82, 2.24) is 10.6 Å². The molecule has 6 rings (SSSR count). The van der Waals surface area contributed by atoms with Crippen LogP contribution < -0.4 is 19.2 Å². The van der Waals surface area contributed by atoms with Gasteiger partial charge in [0.05, 0.1) is 37.7 Å². The molecule has 0 saturated heterocycles. The van der Waals surface area contributed by atoms with E-state index in [9.17, 15) is 26.4 Å². The van der Waals surface area contributed by atoms with E-state index in [1.165, 1.54) is 30.5 Å². The number of halogens is 2. The van der Waals surface area contributed by atoms with Gasteiger partial charge in [0.25, 0.3) is 20.0 Å². The van der Waals surface area contributed by atoms with Crippen LogP contribution in [0.1, 0.15) is 110 Å². The second-order valence-electron chi connectivity index (χ2n) is 15.0. The van der Waals surface area contributed by atoms with E-state index in [0.717, 1.165) is 42.0 Å². The van der Waals surface area contributed by atoms with Crippen LogP contribution in [0.15, 0.2) is 87.1 Å². The number of para-hydroxylation sites is 1. The summed E-state index contributed by atoms with van der Waals surface area (Å²) in [6.07, 6.45) is 5.95. The van der Waals surface area contributed by atoms with Gasteiger partial charge in [0.2, 0.25) is 0 Å². The van der Waals surface area contributed by atoms with Crippen LogP contribution in [0, 0.1) is 17.7 Å². The number of rotatable bonds is 16. The summed E-state index contributed by atoms with van der Waals surface area (Å²) >= 11 is 3.15. The third-order valence-electron chi connectivity index (χ3n) is 10.9. The first kappa shape index (κ1) is 44.8. The van der Waals surface area contributed by atoms with Gasteiger partial charge in [0.1, 0.15) is 5.82 Å². The molecule has 0 spiro atoms. The fourth-order valence-corrected chi connectivity index (χ4v) is 11.1. The minimum atomic E-state index is -4.16. The molecule has 0 amide bonds. The number of anilines is 2. The van der Waals surface area contributed by atoms with Crippen molar-refractivity contribution in [2.75, 3.05) is 35.8 Å². The van der Waals surface area contributed by atoms with Crippen LogP contribution >= 0.6 is 15.9 Å². The van der Waals surface area contributed by atoms with E-state index in [0.29, 0.717) is 66.0 Å². The highest BCUT2D eigenvalue weighted by molar-refractivity contribution is 9.10. The van der Waals surface area contributed by atoms with Gasteiger partial charge in [-0.05, 0) is 119 Å². The number of hydrogen-bond acceptors (Lipinski definition) is 8. The number of carboxylic acids is 2. The lowest BCUT2D eigenvalue weighted by Crippen LogP contribution is -2.26. The van der Waals surface area contributed by atoms with Crippen LogP contribution in [-0.4, -0.2) is 66.2 Å². The number of nitrogens with zero attached hydrogens (tertiary/aromatic N) is 2. The molecule has 4 aromatic carbocycles. The molecule has 4 aromatic rings. The SMILES string of the molecule is CN1c2ccccc2C(NCCCCCCC(=O)O)c2ccc(C#Cc3ccc4c(c3)N(C)S(=O)(=O)c3cc(Br)c(F)cc3C4NCCCCCCC(=O)O)cc2S1(=O)=O. The molecule has 2 aliphatic heterocycles. The van der Waals surface area contributed by atoms with E-state index < -0.39 is 49.9 Å². The lowest BCUT2D eigenvalue weighted by molar-refractivity contribution is -0.138. The summed E-state index contributed by atoms with van der Waals surface area (Å²) in [7, 11) is -5.21. The summed E-state index contributed by atoms with van der Waals surface area (Å²) in [6, 6.07) is 19.0. The highest BCUT2D eigenvalue weighted by Gasteiger charge is 2.37. The zero-order chi connectivity index (χ0) is 43.2. The number of carboxylic acid groups (broad SMARTS) is 2. The second kappa shape index (κ2) is 19.3. The molecule has 60 heavy (non-hydrogen) atoms. The van der Waals surface area contributed by atoms with E-state index in [1.807, 2.05) is 12.1 Å². The Bertz CT molecular complexity index is 2560. The van der Waals surface area contributed by atoms with Gasteiger partial charge in [0.15, 0.2) is 0 Å². The predicted octanol–water partition coefficient (Wildman–Crippen LogP) is 7.69. The first-order valence-electron chi connectivity index (χ1n) is 19.9. The van der Waals surface area contributed by atoms with Crippen molar-refractivity contribution in [3.63, 3.8) is 0 Å². The molecule has 0 fully saturated rings. The first-order chi connectivity index (χ1) is 28.6. The molecule has 318 valence electrons. The molecular weight excluding hydrogens is 876 g/mol. The fraction of sp³-hybridized carbons (Fsp3) is 0.364. The van der Waals surface area contributed by atoms with Crippen molar-refractivity contribution in [3.8, 4) is 11.8 Å². The highest BCUT2D eigenvalue weighted by Crippen LogP contribution is 2.43. The number of fused-ring (bicyclic) bond motifs is 4. The summed E-state index contributed by atoms with van der Waals surface area (Å²) in [5, 5.41) is 24.9. The average molecular weight is 924 g/mol. The molecule has 0 saturated carbocycles. The number of aliphatic carboxylic acids is 2. The Kier molecular flexibility index (Phi) is 14.4. The molecule has 2 unspecified atom stereocenters. The topological polar surface area (TPSA) is 173 Å². The summed E-state index contributed by atoms with van der Waals surface area (Å²) < 4.78 is 74.0. The van der Waals surface area contributed by atoms with Gasteiger partial charge in [-0.2, -0.15) is 0 Å². The Labute approximate surface area is 359 Å². The molecular formula is C44H48BrFN4O8S2. The molecule has 4 N–H and O–H groups in total. The first-order valence-corrected chi connectivity index (χ1v) is 23.5. The lowest BCUT2D eigenvalue weighted by Gasteiger charge is -2.22. The Morgan fingerprint density at radius 1 is 0.633 bits per heavy atom. The molecule has 2 heterocycles. The molecule has 2 aliphatic rings. The number of nitrogens with one attached hydrogen (secondary N) is 2. The zero-order valence-electron chi connectivity index (χ0n) is 33.4. The molecule has 12 nitrogen and oxygen atoms in total. The Balaban J connectivity index is 1.31. The van der Waals surface area contributed by atoms with Gasteiger partial charge in [-0.3, -0.25) is 18.2 Å². The van der Waals surface area contributed by atoms with Crippen LogP contribution in [0.3, 0.4) is 0 Å². The monoisotopic (exact) mass is 922 g/mol. The maximum absolute atomic E-state index is 15.1. The van der Waals surface area contributed by atoms with Crippen molar-refractivity contribution >= 4 is 59.3 Å². The fourth-order valence-electron chi connectivity index (χ4n) is 7.70. The van der Waals surface area contributed by atoms with Gasteiger partial charge in [0, 0.05) is 38.1 Å². The van der Waals surface area contributed by atoms with Gasteiger partial charge in [-0.25, -0.2) is 21.2 Å². The number of carbonyl (C=O) groups is 2. The largest absolute Gasteiger partial charge is 0.481 e. The molecule has 2 atom stereocenters. The summed E-state index contributed by atoms with van der Waals surface area (Å²) in [5.74, 6) is 3.94. The maximum atomic E-state index is 15.1. The maximum Gasteiger partial charge on any atom is 0.303 e. The third kappa shape index (κ3) is 9.87. The average Bonchev–Trinajstić information content (AvgIpc) is 3.32. The van der Waals surface area contributed by atoms with E-state index in [-0.39, 0.29) is 32.7 Å². The van der Waals surface area contributed by atoms with Crippen LogP contribution in [0.2, 0.25) is 0 Å². The minimum absolute atomic E-state index is 0.0119. The van der Waals surface area contributed by atoms with Crippen molar-refractivity contribution < 1.29 is 41.0 Å². The molecule has 0 aromatic heterocycles. The summed E-state index contributed by atoms with van der Waals surface area (Å²) in [6.45, 7) is 1.05. The van der Waals surface area contributed by atoms with Crippen LogP contribution in [0.25, 0.3) is 0 Å². The quantitative estimate of drug-likeness (QED) is 0.0645. The summed E-state index contributed by atoms with van der Waals surface area (Å²) in [5.41, 5.74) is 4.01. The van der Waals surface area contributed by atoms with E-state index in [4.69, 9.17) is 10.2 Å². The zero-order valence-corrected chi connectivity index (χ0v) is 36.6. The van der Waals surface area contributed by atoms with Crippen LogP contribution in [0.5, 0.6) is 0 Å². The van der Waals surface area contributed by atoms with Gasteiger partial charge in [-0.15, -0.1) is 0 Å². The van der Waals surface area contributed by atoms with Crippen molar-refractivity contribution in [3.05, 3.63) is 116 Å². The minimum Gasteiger partial charge on any atom is -0.481 e. The van der Waals surface area contributed by atoms with Gasteiger partial charge in [-0.1, -0.05) is 67.9 Å². The number of sulfonamides is 2. The molecule has 0 aliphatic carbocycles. The molecule has 0 radical (unpaired) electrons. The normalized spacial score (nSPS) is 17.2. The Hall–Kier alpha value is -4.79. The number of unbranched alkanes of at least 4 members (excludes halogenated alkanes) is 6. The molecule has 0 bridgehead atoms. The standard InChI is InChI=1S/C44H48BrFN4O8S2/c1-49-37-14-10-9-13-31(37)43(47-23-11-5-3-7-15-41(51)52)33-22-20-30(26-39(33)59(49,55)56)18-17-29-19-21-32-38(25-29)50(2)60(57,58)40-28-35(45)36(46)27-34(40)44(32)48-24-12-6-4-8-16-42(53)54/h9-10,13-14,19-22,25-28,43-44,47-48H,3-8,11-12,15-16,23-24H2,1-2H3,(H,51,52)(H,53,54). The van der Waals surface area contributed by atoms with Crippen molar-refractivity contribution in [1.29, 1.82) is 0 Å². The second-order valence-corrected chi connectivity index (χ2v) is 19.7. The summed E-state index contributed by atoms with van der Waals surface area (Å²) in [4.78, 5) is 21.8. The van der Waals surface area contributed by atoms with E-state index >= 15 is 4.39 Å². The van der Waals surface area contributed by atoms with Crippen LogP contribution in [-0.2, 0) is 29.6 Å². The predicted molar refractivity (Wildman–Crippen MR) is 232 cm³/mol. The van der Waals surface area contributed by atoms with E-state index in [2.05, 4.69) is 38.4 Å². The van der Waals surface area contributed by atoms with E-state index in [1.54, 1.807) is 48.5 Å². The van der Waals surface area contributed by atoms with Crippen molar-refractivity contribution in [2.45, 2.75) is 86.1 Å². The smallest absolute Gasteiger partial charge is 0.303 e. The Morgan fingerprint density at radius 3 is 1.72 bits per heavy atom. The number of benzene rings is 4. The third-order valence-corrected chi connectivity index (χ3v) is 15.2. The highest BCUT2D eigenvalue weighted by atomic mass is 79.9. The van der Waals surface area contributed by atoms with Gasteiger partial charge < -0.3 is 20.8 Å². The lowest BCUT2D eigenvalue weighted by atomic mass is 9.95. The Morgan fingerprint density at radius 2 is 1.12 bits per heavy atom. The number of hydrogen-bond donors (Lipinski definition) is 4. The van der Waals surface area contributed by atoms with Gasteiger partial charge >= 0.3 is 11.9 Å². The van der Waals surface area contributed by atoms with Crippen LogP contribution in [0.4, 0.5) is 15.8 Å². The molecule has 16 heteroatoms. The van der Waals surface area contributed by atoms with Crippen molar-refractivity contribution in [2.24, 2.45) is 0 Å².